The summed E-state index contributed by atoms with van der Waals surface area (Å²) in [5.41, 5.74) is 5.97. The van der Waals surface area contributed by atoms with Crippen molar-refractivity contribution >= 4 is 21.4 Å². The van der Waals surface area contributed by atoms with Crippen LogP contribution in [0, 0.1) is 0 Å². The second-order valence-electron chi connectivity index (χ2n) is 5.24. The Morgan fingerprint density at radius 3 is 2.72 bits per heavy atom. The molecule has 1 atom stereocenters. The van der Waals surface area contributed by atoms with Crippen molar-refractivity contribution < 1.29 is 0 Å². The molecule has 1 aromatic carbocycles. The maximum Gasteiger partial charge on any atom is 0.0413 e. The lowest BCUT2D eigenvalue weighted by atomic mass is 10.0. The molecular weight excluding hydrogens is 240 g/mol. The molecule has 18 heavy (non-hydrogen) atoms. The second kappa shape index (κ2) is 5.00. The summed E-state index contributed by atoms with van der Waals surface area (Å²) >= 11 is 1.93. The van der Waals surface area contributed by atoms with Crippen molar-refractivity contribution in [2.24, 2.45) is 5.73 Å². The van der Waals surface area contributed by atoms with E-state index in [9.17, 15) is 0 Å². The van der Waals surface area contributed by atoms with E-state index in [4.69, 9.17) is 5.73 Å². The molecule has 2 N–H and O–H groups in total. The van der Waals surface area contributed by atoms with E-state index in [1.165, 1.54) is 15.0 Å². The first-order chi connectivity index (χ1) is 8.74. The summed E-state index contributed by atoms with van der Waals surface area (Å²) in [6, 6.07) is 11.9. The molecule has 0 saturated carbocycles. The SMILES string of the molecule is CC(c1cc2ccccc2s1)N1CCC(N)CC1. The highest BCUT2D eigenvalue weighted by atomic mass is 32.1. The van der Waals surface area contributed by atoms with Gasteiger partial charge in [-0.15, -0.1) is 11.3 Å². The zero-order valence-electron chi connectivity index (χ0n) is 10.8. The Bertz CT molecular complexity index is 493. The number of fused-ring (bicyclic) bond motifs is 1. The lowest BCUT2D eigenvalue weighted by Gasteiger charge is -2.34. The molecule has 0 bridgehead atoms. The molecule has 2 nitrogen and oxygen atoms in total. The molecule has 1 aliphatic heterocycles. The number of nitrogens with zero attached hydrogens (tertiary/aromatic N) is 1. The van der Waals surface area contributed by atoms with Crippen LogP contribution in [0.15, 0.2) is 30.3 Å². The smallest absolute Gasteiger partial charge is 0.0413 e. The lowest BCUT2D eigenvalue weighted by Crippen LogP contribution is -2.40. The molecule has 1 saturated heterocycles. The summed E-state index contributed by atoms with van der Waals surface area (Å²) in [5.74, 6) is 0. The third kappa shape index (κ3) is 2.30. The molecule has 1 aliphatic rings. The zero-order chi connectivity index (χ0) is 12.5. The maximum absolute atomic E-state index is 5.97. The maximum atomic E-state index is 5.97. The Balaban J connectivity index is 1.81. The highest BCUT2D eigenvalue weighted by Crippen LogP contribution is 2.33. The van der Waals surface area contributed by atoms with Crippen LogP contribution in [-0.2, 0) is 0 Å². The largest absolute Gasteiger partial charge is 0.328 e. The third-order valence-electron chi connectivity index (χ3n) is 3.98. The van der Waals surface area contributed by atoms with Gasteiger partial charge in [-0.2, -0.15) is 0 Å². The van der Waals surface area contributed by atoms with E-state index in [0.29, 0.717) is 12.1 Å². The monoisotopic (exact) mass is 260 g/mol. The van der Waals surface area contributed by atoms with Gasteiger partial charge in [0.05, 0.1) is 0 Å². The molecule has 1 aromatic heterocycles. The molecule has 96 valence electrons. The van der Waals surface area contributed by atoms with Gasteiger partial charge in [0.15, 0.2) is 0 Å². The molecule has 2 heterocycles. The number of thiophene rings is 1. The summed E-state index contributed by atoms with van der Waals surface area (Å²) in [4.78, 5) is 4.04. The Morgan fingerprint density at radius 2 is 2.00 bits per heavy atom. The Labute approximate surface area is 112 Å². The highest BCUT2D eigenvalue weighted by Gasteiger charge is 2.22. The third-order valence-corrected chi connectivity index (χ3v) is 5.26. The number of rotatable bonds is 2. The minimum absolute atomic E-state index is 0.413. The Hall–Kier alpha value is -0.900. The summed E-state index contributed by atoms with van der Waals surface area (Å²) in [6.45, 7) is 4.59. The van der Waals surface area contributed by atoms with E-state index in [0.717, 1.165) is 25.9 Å². The van der Waals surface area contributed by atoms with E-state index < -0.39 is 0 Å². The predicted molar refractivity (Wildman–Crippen MR) is 79.0 cm³/mol. The number of hydrogen-bond donors (Lipinski definition) is 1. The van der Waals surface area contributed by atoms with Gasteiger partial charge in [0.25, 0.3) is 0 Å². The molecule has 0 amide bonds. The first kappa shape index (κ1) is 12.2. The van der Waals surface area contributed by atoms with Crippen LogP contribution < -0.4 is 5.73 Å². The van der Waals surface area contributed by atoms with Crippen molar-refractivity contribution in [3.05, 3.63) is 35.2 Å². The molecular formula is C15H20N2S. The van der Waals surface area contributed by atoms with Crippen LogP contribution in [0.3, 0.4) is 0 Å². The number of piperidine rings is 1. The topological polar surface area (TPSA) is 29.3 Å². The quantitative estimate of drug-likeness (QED) is 0.897. The standard InChI is InChI=1S/C15H20N2S/c1-11(17-8-6-13(16)7-9-17)15-10-12-4-2-3-5-14(12)18-15/h2-5,10-11,13H,6-9,16H2,1H3. The van der Waals surface area contributed by atoms with Crippen molar-refractivity contribution in [1.29, 1.82) is 0 Å². The van der Waals surface area contributed by atoms with Gasteiger partial charge < -0.3 is 5.73 Å². The number of likely N-dealkylation sites (tertiary alicyclic amines) is 1. The molecule has 2 aromatic rings. The number of hydrogen-bond acceptors (Lipinski definition) is 3. The highest BCUT2D eigenvalue weighted by molar-refractivity contribution is 7.19. The van der Waals surface area contributed by atoms with Gasteiger partial charge in [0.1, 0.15) is 0 Å². The zero-order valence-corrected chi connectivity index (χ0v) is 11.6. The molecule has 3 heteroatoms. The first-order valence-electron chi connectivity index (χ1n) is 6.72. The molecule has 3 rings (SSSR count). The molecule has 1 fully saturated rings. The molecule has 0 radical (unpaired) electrons. The fourth-order valence-corrected chi connectivity index (χ4v) is 3.85. The second-order valence-corrected chi connectivity index (χ2v) is 6.35. The predicted octanol–water partition coefficient (Wildman–Crippen LogP) is 3.39. The molecule has 0 aliphatic carbocycles. The van der Waals surface area contributed by atoms with Gasteiger partial charge in [-0.1, -0.05) is 18.2 Å². The van der Waals surface area contributed by atoms with Gasteiger partial charge in [-0.05, 0) is 37.3 Å². The fraction of sp³-hybridized carbons (Fsp3) is 0.467. The summed E-state index contributed by atoms with van der Waals surface area (Å²) in [6.07, 6.45) is 2.27. The van der Waals surface area contributed by atoms with Crippen LogP contribution in [0.5, 0.6) is 0 Å². The van der Waals surface area contributed by atoms with Crippen LogP contribution >= 0.6 is 11.3 Å². The summed E-state index contributed by atoms with van der Waals surface area (Å²) < 4.78 is 1.40. The van der Waals surface area contributed by atoms with Crippen molar-refractivity contribution in [3.63, 3.8) is 0 Å². The summed E-state index contributed by atoms with van der Waals surface area (Å²) in [7, 11) is 0. The van der Waals surface area contributed by atoms with Crippen LogP contribution in [0.1, 0.15) is 30.7 Å². The van der Waals surface area contributed by atoms with Gasteiger partial charge in [0.2, 0.25) is 0 Å². The average Bonchev–Trinajstić information content (AvgIpc) is 2.82. The van der Waals surface area contributed by atoms with Crippen LogP contribution in [0.2, 0.25) is 0 Å². The Morgan fingerprint density at radius 1 is 1.28 bits per heavy atom. The van der Waals surface area contributed by atoms with E-state index in [2.05, 4.69) is 42.2 Å². The van der Waals surface area contributed by atoms with Gasteiger partial charge in [-0.3, -0.25) is 4.90 Å². The van der Waals surface area contributed by atoms with E-state index in [-0.39, 0.29) is 0 Å². The van der Waals surface area contributed by atoms with Gasteiger partial charge in [-0.25, -0.2) is 0 Å². The fourth-order valence-electron chi connectivity index (χ4n) is 2.69. The number of benzene rings is 1. The van der Waals surface area contributed by atoms with E-state index in [1.807, 2.05) is 11.3 Å². The normalized spacial score (nSPS) is 20.3. The lowest BCUT2D eigenvalue weighted by molar-refractivity contribution is 0.165. The average molecular weight is 260 g/mol. The van der Waals surface area contributed by atoms with Crippen LogP contribution in [0.25, 0.3) is 10.1 Å². The van der Waals surface area contributed by atoms with Crippen molar-refractivity contribution in [1.82, 2.24) is 4.90 Å². The van der Waals surface area contributed by atoms with Gasteiger partial charge >= 0.3 is 0 Å². The Kier molecular flexibility index (Phi) is 3.37. The van der Waals surface area contributed by atoms with Crippen molar-refractivity contribution in [2.75, 3.05) is 13.1 Å². The van der Waals surface area contributed by atoms with Crippen LogP contribution in [0.4, 0.5) is 0 Å². The van der Waals surface area contributed by atoms with E-state index >= 15 is 0 Å². The minimum atomic E-state index is 0.413. The van der Waals surface area contributed by atoms with Crippen molar-refractivity contribution in [2.45, 2.75) is 31.8 Å². The number of nitrogens with two attached hydrogens (primary N) is 1. The van der Waals surface area contributed by atoms with Crippen LogP contribution in [-0.4, -0.2) is 24.0 Å². The molecule has 1 unspecified atom stereocenters. The summed E-state index contributed by atoms with van der Waals surface area (Å²) in [5, 5.41) is 1.37. The van der Waals surface area contributed by atoms with Crippen molar-refractivity contribution in [3.8, 4) is 0 Å². The first-order valence-corrected chi connectivity index (χ1v) is 7.54. The van der Waals surface area contributed by atoms with E-state index in [1.54, 1.807) is 0 Å². The molecule has 0 spiro atoms. The minimum Gasteiger partial charge on any atom is -0.328 e. The van der Waals surface area contributed by atoms with Gasteiger partial charge in [0, 0.05) is 34.8 Å².